The van der Waals surface area contributed by atoms with E-state index in [0.29, 0.717) is 13.0 Å². The minimum Gasteiger partial charge on any atom is -0.369 e. The van der Waals surface area contributed by atoms with Crippen molar-refractivity contribution in [3.8, 4) is 0 Å². The molecule has 25 heavy (non-hydrogen) atoms. The fourth-order valence-corrected chi connectivity index (χ4v) is 3.68. The number of primary amides is 1. The molecule has 0 radical (unpaired) electrons. The van der Waals surface area contributed by atoms with Crippen LogP contribution < -0.4 is 16.8 Å². The van der Waals surface area contributed by atoms with E-state index >= 15 is 0 Å². The highest BCUT2D eigenvalue weighted by atomic mass is 16.2. The van der Waals surface area contributed by atoms with Gasteiger partial charge in [-0.15, -0.1) is 0 Å². The first-order valence-electron chi connectivity index (χ1n) is 8.87. The van der Waals surface area contributed by atoms with Crippen molar-refractivity contribution < 1.29 is 9.59 Å². The molecule has 5 nitrogen and oxygen atoms in total. The molecule has 1 aliphatic rings. The summed E-state index contributed by atoms with van der Waals surface area (Å²) in [5, 5.41) is 5.34. The molecule has 3 rings (SSSR count). The van der Waals surface area contributed by atoms with Gasteiger partial charge in [-0.3, -0.25) is 9.59 Å². The fourth-order valence-electron chi connectivity index (χ4n) is 3.68. The van der Waals surface area contributed by atoms with Crippen molar-refractivity contribution >= 4 is 22.6 Å². The molecular weight excluding hydrogens is 314 g/mol. The molecule has 1 saturated carbocycles. The monoisotopic (exact) mass is 339 g/mol. The van der Waals surface area contributed by atoms with Crippen LogP contribution in [-0.2, 0) is 9.59 Å². The van der Waals surface area contributed by atoms with E-state index in [9.17, 15) is 9.59 Å². The van der Waals surface area contributed by atoms with Crippen LogP contribution in [0.4, 0.5) is 0 Å². The first-order chi connectivity index (χ1) is 12.1. The Morgan fingerprint density at radius 1 is 1.08 bits per heavy atom. The van der Waals surface area contributed by atoms with Gasteiger partial charge in [-0.05, 0) is 41.7 Å². The highest BCUT2D eigenvalue weighted by Gasteiger charge is 2.31. The maximum absolute atomic E-state index is 12.7. The topological polar surface area (TPSA) is 98.2 Å². The summed E-state index contributed by atoms with van der Waals surface area (Å²) in [6.07, 6.45) is 2.97. The van der Waals surface area contributed by atoms with E-state index < -0.39 is 0 Å². The van der Waals surface area contributed by atoms with E-state index in [1.54, 1.807) is 0 Å². The quantitative estimate of drug-likeness (QED) is 0.779. The van der Waals surface area contributed by atoms with Gasteiger partial charge in [-0.25, -0.2) is 0 Å². The Bertz CT molecular complexity index is 774. The molecule has 2 aromatic carbocycles. The van der Waals surface area contributed by atoms with Crippen molar-refractivity contribution in [3.63, 3.8) is 0 Å². The summed E-state index contributed by atoms with van der Waals surface area (Å²) in [5.74, 6) is -0.695. The molecule has 2 amide bonds. The van der Waals surface area contributed by atoms with E-state index in [0.717, 1.165) is 35.6 Å². The number of nitrogens with one attached hydrogen (secondary N) is 1. The van der Waals surface area contributed by atoms with Gasteiger partial charge in [0, 0.05) is 18.4 Å². The zero-order valence-corrected chi connectivity index (χ0v) is 14.3. The van der Waals surface area contributed by atoms with Crippen molar-refractivity contribution in [2.75, 3.05) is 6.54 Å². The molecule has 1 aliphatic carbocycles. The largest absolute Gasteiger partial charge is 0.369 e. The second-order valence-corrected chi connectivity index (χ2v) is 6.87. The molecule has 0 spiro atoms. The average molecular weight is 339 g/mol. The number of hydrogen-bond acceptors (Lipinski definition) is 3. The van der Waals surface area contributed by atoms with Crippen LogP contribution in [0.5, 0.6) is 0 Å². The summed E-state index contributed by atoms with van der Waals surface area (Å²) in [4.78, 5) is 24.1. The Kier molecular flexibility index (Phi) is 5.34. The Balaban J connectivity index is 1.72. The lowest BCUT2D eigenvalue weighted by molar-refractivity contribution is -0.129. The van der Waals surface area contributed by atoms with Crippen molar-refractivity contribution in [2.45, 2.75) is 31.7 Å². The molecule has 2 aromatic rings. The Labute approximate surface area is 147 Å². The zero-order chi connectivity index (χ0) is 17.8. The number of hydrogen-bond donors (Lipinski definition) is 3. The summed E-state index contributed by atoms with van der Waals surface area (Å²) >= 11 is 0. The van der Waals surface area contributed by atoms with Crippen LogP contribution in [0.3, 0.4) is 0 Å². The summed E-state index contributed by atoms with van der Waals surface area (Å²) in [6, 6.07) is 14.0. The second-order valence-electron chi connectivity index (χ2n) is 6.87. The lowest BCUT2D eigenvalue weighted by Crippen LogP contribution is -2.40. The maximum atomic E-state index is 12.7. The van der Waals surface area contributed by atoms with Crippen molar-refractivity contribution in [1.82, 2.24) is 5.32 Å². The fraction of sp³-hybridized carbons (Fsp3) is 0.400. The molecule has 132 valence electrons. The number of carbonyl (C=O) groups excluding carboxylic acids is 2. The van der Waals surface area contributed by atoms with E-state index in [1.807, 2.05) is 30.3 Å². The summed E-state index contributed by atoms with van der Waals surface area (Å²) in [5.41, 5.74) is 12.3. The molecule has 0 aliphatic heterocycles. The van der Waals surface area contributed by atoms with Gasteiger partial charge in [0.1, 0.15) is 0 Å². The average Bonchev–Trinajstić information content (AvgIpc) is 2.65. The molecule has 1 fully saturated rings. The van der Waals surface area contributed by atoms with Crippen LogP contribution in [-0.4, -0.2) is 18.4 Å². The van der Waals surface area contributed by atoms with Gasteiger partial charge in [0.2, 0.25) is 11.8 Å². The van der Waals surface area contributed by atoms with Gasteiger partial charge in [0.25, 0.3) is 0 Å². The summed E-state index contributed by atoms with van der Waals surface area (Å²) < 4.78 is 0. The van der Waals surface area contributed by atoms with Crippen LogP contribution in [0.15, 0.2) is 42.5 Å². The molecular formula is C20H25N3O2. The first-order valence-corrected chi connectivity index (χ1v) is 8.87. The Hall–Kier alpha value is -2.40. The first kappa shape index (κ1) is 17.4. The number of nitrogens with two attached hydrogens (primary N) is 2. The number of amides is 2. The van der Waals surface area contributed by atoms with Crippen LogP contribution in [0.1, 0.15) is 37.3 Å². The standard InChI is InChI=1S/C20H25N3O2/c21-12-18(15-9-8-13-4-1-2-5-14(13)10-15)23-20(25)17-7-3-6-16(11-17)19(22)24/h1-2,4-5,8-10,16-18H,3,6-7,11-12,21H2,(H2,22,24)(H,23,25). The van der Waals surface area contributed by atoms with Gasteiger partial charge in [-0.2, -0.15) is 0 Å². The lowest BCUT2D eigenvalue weighted by Gasteiger charge is -2.28. The lowest BCUT2D eigenvalue weighted by atomic mass is 9.80. The third-order valence-corrected chi connectivity index (χ3v) is 5.18. The number of benzene rings is 2. The Morgan fingerprint density at radius 3 is 2.52 bits per heavy atom. The normalized spacial score (nSPS) is 21.6. The molecule has 0 aromatic heterocycles. The molecule has 5 heteroatoms. The van der Waals surface area contributed by atoms with E-state index in [1.165, 1.54) is 0 Å². The van der Waals surface area contributed by atoms with Gasteiger partial charge < -0.3 is 16.8 Å². The van der Waals surface area contributed by atoms with E-state index in [-0.39, 0.29) is 29.7 Å². The molecule has 3 atom stereocenters. The smallest absolute Gasteiger partial charge is 0.223 e. The molecule has 0 saturated heterocycles. The minimum atomic E-state index is -0.303. The summed E-state index contributed by atoms with van der Waals surface area (Å²) in [6.45, 7) is 0.329. The zero-order valence-electron chi connectivity index (χ0n) is 14.3. The Morgan fingerprint density at radius 2 is 1.80 bits per heavy atom. The van der Waals surface area contributed by atoms with E-state index in [4.69, 9.17) is 11.5 Å². The third kappa shape index (κ3) is 3.99. The molecule has 0 heterocycles. The van der Waals surface area contributed by atoms with Gasteiger partial charge in [-0.1, -0.05) is 42.8 Å². The molecule has 5 N–H and O–H groups in total. The minimum absolute atomic E-state index is 0.0328. The second kappa shape index (κ2) is 7.66. The van der Waals surface area contributed by atoms with Gasteiger partial charge in [0.05, 0.1) is 6.04 Å². The van der Waals surface area contributed by atoms with Gasteiger partial charge >= 0.3 is 0 Å². The number of fused-ring (bicyclic) bond motifs is 1. The maximum Gasteiger partial charge on any atom is 0.223 e. The van der Waals surface area contributed by atoms with Crippen molar-refractivity contribution in [3.05, 3.63) is 48.0 Å². The van der Waals surface area contributed by atoms with Crippen LogP contribution >= 0.6 is 0 Å². The summed E-state index contributed by atoms with van der Waals surface area (Å²) in [7, 11) is 0. The SMILES string of the molecule is NCC(NC(=O)C1CCCC(C(N)=O)C1)c1ccc2ccccc2c1. The number of rotatable bonds is 5. The predicted molar refractivity (Wildman–Crippen MR) is 98.5 cm³/mol. The highest BCUT2D eigenvalue weighted by Crippen LogP contribution is 2.29. The van der Waals surface area contributed by atoms with Crippen LogP contribution in [0.2, 0.25) is 0 Å². The van der Waals surface area contributed by atoms with Crippen LogP contribution in [0.25, 0.3) is 10.8 Å². The van der Waals surface area contributed by atoms with Crippen LogP contribution in [0, 0.1) is 11.8 Å². The van der Waals surface area contributed by atoms with Gasteiger partial charge in [0.15, 0.2) is 0 Å². The number of carbonyl (C=O) groups is 2. The van der Waals surface area contributed by atoms with Crippen molar-refractivity contribution in [1.29, 1.82) is 0 Å². The third-order valence-electron chi connectivity index (χ3n) is 5.18. The van der Waals surface area contributed by atoms with Crippen molar-refractivity contribution in [2.24, 2.45) is 23.3 Å². The molecule has 0 bridgehead atoms. The predicted octanol–water partition coefficient (Wildman–Crippen LogP) is 2.25. The molecule has 3 unspecified atom stereocenters. The van der Waals surface area contributed by atoms with E-state index in [2.05, 4.69) is 17.4 Å². The highest BCUT2D eigenvalue weighted by molar-refractivity contribution is 5.84.